The molecule has 0 aromatic heterocycles. The summed E-state index contributed by atoms with van der Waals surface area (Å²) in [5.74, 6) is 0.843. The fourth-order valence-electron chi connectivity index (χ4n) is 6.11. The molecule has 5 nitrogen and oxygen atoms in total. The van der Waals surface area contributed by atoms with Crippen LogP contribution >= 0.6 is 0 Å². The first-order valence-electron chi connectivity index (χ1n) is 18.1. The van der Waals surface area contributed by atoms with Gasteiger partial charge >= 0.3 is 5.97 Å². The molecular weight excluding hydrogens is 592 g/mol. The van der Waals surface area contributed by atoms with Gasteiger partial charge in [0, 0.05) is 10.8 Å². The largest absolute Gasteiger partial charge is 0.494 e. The van der Waals surface area contributed by atoms with E-state index in [-0.39, 0.29) is 0 Å². The average molecular weight is 643 g/mol. The summed E-state index contributed by atoms with van der Waals surface area (Å²) in [6.07, 6.45) is 18.8. The number of fused-ring (bicyclic) bond motifs is 2. The topological polar surface area (TPSA) is 60.2 Å². The fraction of sp³-hybridized carbons (Fsp3) is 0.372. The lowest BCUT2D eigenvalue weighted by Gasteiger charge is -2.10. The van der Waals surface area contributed by atoms with Crippen LogP contribution in [0.3, 0.4) is 0 Å². The number of ether oxygens (including phenoxy) is 2. The van der Waals surface area contributed by atoms with E-state index in [1.165, 1.54) is 83.5 Å². The molecule has 0 unspecified atom stereocenters. The molecule has 0 amide bonds. The number of nitrogens with zero attached hydrogens (tertiary/aromatic N) is 2. The van der Waals surface area contributed by atoms with Crippen LogP contribution in [-0.4, -0.2) is 12.6 Å². The molecule has 5 heteroatoms. The minimum absolute atomic E-state index is 0.413. The van der Waals surface area contributed by atoms with E-state index in [9.17, 15) is 4.79 Å². The fourth-order valence-corrected chi connectivity index (χ4v) is 6.11. The van der Waals surface area contributed by atoms with Gasteiger partial charge in [-0.3, -0.25) is 0 Å². The van der Waals surface area contributed by atoms with Crippen LogP contribution in [-0.2, 0) is 0 Å². The number of carbonyl (C=O) groups is 1. The molecule has 5 rings (SSSR count). The van der Waals surface area contributed by atoms with Crippen molar-refractivity contribution < 1.29 is 14.3 Å². The van der Waals surface area contributed by atoms with Crippen LogP contribution in [0.1, 0.15) is 107 Å². The second-order valence-electron chi connectivity index (χ2n) is 12.7. The Morgan fingerprint density at radius 3 is 1.85 bits per heavy atom. The maximum atomic E-state index is 13.1. The summed E-state index contributed by atoms with van der Waals surface area (Å²) < 4.78 is 11.8. The Morgan fingerprint density at radius 2 is 1.17 bits per heavy atom. The zero-order chi connectivity index (χ0) is 33.2. The van der Waals surface area contributed by atoms with Crippen molar-refractivity contribution >= 4 is 38.9 Å². The van der Waals surface area contributed by atoms with E-state index < -0.39 is 5.97 Å². The summed E-state index contributed by atoms with van der Waals surface area (Å²) in [4.78, 5) is 13.1. The summed E-state index contributed by atoms with van der Waals surface area (Å²) in [6, 6.07) is 32.8. The van der Waals surface area contributed by atoms with E-state index in [0.29, 0.717) is 23.6 Å². The Morgan fingerprint density at radius 1 is 0.562 bits per heavy atom. The number of unbranched alkanes of at least 4 members (excludes halogenated alkanes) is 13. The minimum Gasteiger partial charge on any atom is -0.494 e. The van der Waals surface area contributed by atoms with Gasteiger partial charge in [-0.05, 0) is 65.7 Å². The Bertz CT molecular complexity index is 1750. The number of hydrogen-bond donors (Lipinski definition) is 0. The molecule has 0 atom stereocenters. The van der Waals surface area contributed by atoms with E-state index in [0.717, 1.165) is 39.4 Å². The van der Waals surface area contributed by atoms with E-state index in [2.05, 4.69) is 29.3 Å². The maximum Gasteiger partial charge on any atom is 0.343 e. The molecule has 0 saturated carbocycles. The zero-order valence-corrected chi connectivity index (χ0v) is 28.5. The highest BCUT2D eigenvalue weighted by atomic mass is 16.5. The maximum absolute atomic E-state index is 13.1. The van der Waals surface area contributed by atoms with Gasteiger partial charge in [0.25, 0.3) is 0 Å². The van der Waals surface area contributed by atoms with Crippen molar-refractivity contribution in [2.75, 3.05) is 6.61 Å². The van der Waals surface area contributed by atoms with Crippen LogP contribution in [0.15, 0.2) is 113 Å². The number of hydrogen-bond acceptors (Lipinski definition) is 5. The van der Waals surface area contributed by atoms with E-state index in [1.807, 2.05) is 72.8 Å². The van der Waals surface area contributed by atoms with Crippen LogP contribution in [0, 0.1) is 0 Å². The first-order chi connectivity index (χ1) is 23.7. The number of carbonyl (C=O) groups excluding carboxylic acids is 1. The van der Waals surface area contributed by atoms with Crippen molar-refractivity contribution in [1.29, 1.82) is 0 Å². The number of rotatable bonds is 20. The second-order valence-corrected chi connectivity index (χ2v) is 12.7. The molecule has 0 bridgehead atoms. The molecule has 0 N–H and O–H groups in total. The van der Waals surface area contributed by atoms with Gasteiger partial charge in [-0.15, -0.1) is 5.11 Å². The lowest BCUT2D eigenvalue weighted by atomic mass is 10.0. The normalized spacial score (nSPS) is 11.4. The molecule has 0 aliphatic rings. The molecular formula is C43H50N2O3. The third-order valence-corrected chi connectivity index (χ3v) is 8.93. The summed E-state index contributed by atoms with van der Waals surface area (Å²) in [5.41, 5.74) is 1.96. The quantitative estimate of drug-likeness (QED) is 0.0367. The van der Waals surface area contributed by atoms with Gasteiger partial charge in [0.15, 0.2) is 0 Å². The van der Waals surface area contributed by atoms with Gasteiger partial charge < -0.3 is 9.47 Å². The number of azo groups is 1. The average Bonchev–Trinajstić information content (AvgIpc) is 3.13. The molecule has 250 valence electrons. The second kappa shape index (κ2) is 19.3. The highest BCUT2D eigenvalue weighted by molar-refractivity contribution is 5.99. The summed E-state index contributed by atoms with van der Waals surface area (Å²) in [6.45, 7) is 2.97. The highest BCUT2D eigenvalue weighted by Gasteiger charge is 2.13. The Balaban J connectivity index is 1.03. The van der Waals surface area contributed by atoms with Crippen LogP contribution in [0.25, 0.3) is 21.5 Å². The minimum atomic E-state index is -0.413. The Labute approximate surface area is 286 Å². The lowest BCUT2D eigenvalue weighted by molar-refractivity contribution is 0.0737. The molecule has 0 aliphatic heterocycles. The smallest absolute Gasteiger partial charge is 0.343 e. The van der Waals surface area contributed by atoms with E-state index in [4.69, 9.17) is 9.47 Å². The Hall–Kier alpha value is -4.51. The van der Waals surface area contributed by atoms with Crippen molar-refractivity contribution in [3.05, 3.63) is 109 Å². The van der Waals surface area contributed by atoms with Crippen molar-refractivity contribution in [2.24, 2.45) is 10.2 Å². The standard InChI is InChI=1S/C43H50N2O3/c1-2-3-4-5-6-7-8-9-10-11-12-13-14-19-32-47-38-28-25-35(26-29-38)43(46)48-42-31-30-41(39-22-17-18-23-40(39)42)45-44-37-27-24-34-20-15-16-21-36(34)33-37/h15-18,20-31,33H,2-14,19,32H2,1H3. The molecule has 5 aromatic carbocycles. The first kappa shape index (κ1) is 34.8. The highest BCUT2D eigenvalue weighted by Crippen LogP contribution is 2.35. The Kier molecular flexibility index (Phi) is 14.0. The van der Waals surface area contributed by atoms with Crippen molar-refractivity contribution in [2.45, 2.75) is 96.8 Å². The summed E-state index contributed by atoms with van der Waals surface area (Å²) in [5, 5.41) is 13.0. The molecule has 0 heterocycles. The number of benzene rings is 5. The van der Waals surface area contributed by atoms with Crippen molar-refractivity contribution in [3.63, 3.8) is 0 Å². The molecule has 5 aromatic rings. The van der Waals surface area contributed by atoms with Crippen molar-refractivity contribution in [3.8, 4) is 11.5 Å². The number of esters is 1. The van der Waals surface area contributed by atoms with Crippen LogP contribution in [0.5, 0.6) is 11.5 Å². The van der Waals surface area contributed by atoms with Gasteiger partial charge in [-0.1, -0.05) is 145 Å². The van der Waals surface area contributed by atoms with E-state index in [1.54, 1.807) is 18.2 Å². The van der Waals surface area contributed by atoms with Gasteiger partial charge in [0.2, 0.25) is 0 Å². The van der Waals surface area contributed by atoms with Crippen LogP contribution in [0.4, 0.5) is 11.4 Å². The first-order valence-corrected chi connectivity index (χ1v) is 18.1. The third kappa shape index (κ3) is 10.8. The van der Waals surface area contributed by atoms with Gasteiger partial charge in [0.05, 0.1) is 23.5 Å². The van der Waals surface area contributed by atoms with Gasteiger partial charge in [-0.25, -0.2) is 4.79 Å². The molecule has 0 fully saturated rings. The van der Waals surface area contributed by atoms with Crippen LogP contribution < -0.4 is 9.47 Å². The third-order valence-electron chi connectivity index (χ3n) is 8.93. The molecule has 0 aliphatic carbocycles. The predicted molar refractivity (Wildman–Crippen MR) is 199 cm³/mol. The molecule has 48 heavy (non-hydrogen) atoms. The van der Waals surface area contributed by atoms with E-state index >= 15 is 0 Å². The SMILES string of the molecule is CCCCCCCCCCCCCCCCOc1ccc(C(=O)Oc2ccc(N=Nc3ccc4ccccc4c3)c3ccccc23)cc1. The zero-order valence-electron chi connectivity index (χ0n) is 28.5. The summed E-state index contributed by atoms with van der Waals surface area (Å²) in [7, 11) is 0. The molecule has 0 spiro atoms. The van der Waals surface area contributed by atoms with Crippen LogP contribution in [0.2, 0.25) is 0 Å². The molecule has 0 saturated heterocycles. The monoisotopic (exact) mass is 642 g/mol. The summed E-state index contributed by atoms with van der Waals surface area (Å²) >= 11 is 0. The van der Waals surface area contributed by atoms with Gasteiger partial charge in [-0.2, -0.15) is 5.11 Å². The van der Waals surface area contributed by atoms with Crippen molar-refractivity contribution in [1.82, 2.24) is 0 Å². The predicted octanol–water partition coefficient (Wildman–Crippen LogP) is 13.5. The van der Waals surface area contributed by atoms with Gasteiger partial charge in [0.1, 0.15) is 11.5 Å². The lowest BCUT2D eigenvalue weighted by Crippen LogP contribution is -2.08. The molecule has 0 radical (unpaired) electrons.